The third kappa shape index (κ3) is 3.25. The van der Waals surface area contributed by atoms with Gasteiger partial charge < -0.3 is 10.6 Å². The van der Waals surface area contributed by atoms with Crippen molar-refractivity contribution in [2.75, 3.05) is 13.1 Å². The molecule has 0 bridgehead atoms. The van der Waals surface area contributed by atoms with E-state index in [4.69, 9.17) is 5.73 Å². The van der Waals surface area contributed by atoms with Crippen LogP contribution in [-0.4, -0.2) is 23.9 Å². The van der Waals surface area contributed by atoms with Crippen molar-refractivity contribution in [3.8, 4) is 0 Å². The molecule has 0 aromatic heterocycles. The van der Waals surface area contributed by atoms with E-state index in [1.54, 1.807) is 0 Å². The molecule has 0 radical (unpaired) electrons. The molecule has 0 amide bonds. The van der Waals surface area contributed by atoms with E-state index in [1.807, 2.05) is 0 Å². The van der Waals surface area contributed by atoms with E-state index in [0.717, 1.165) is 13.1 Å². The number of hydrogen-bond donors (Lipinski definition) is 1. The maximum atomic E-state index is 5.98. The molecular formula is C16H21N3. The summed E-state index contributed by atoms with van der Waals surface area (Å²) in [5.41, 5.74) is 7.16. The predicted octanol–water partition coefficient (Wildman–Crippen LogP) is 3.00. The van der Waals surface area contributed by atoms with Crippen LogP contribution in [0.15, 0.2) is 47.5 Å². The molecule has 0 aliphatic rings. The lowest BCUT2D eigenvalue weighted by atomic mass is 10.1. The summed E-state index contributed by atoms with van der Waals surface area (Å²) >= 11 is 0. The number of hydrogen-bond acceptors (Lipinski definition) is 1. The highest BCUT2D eigenvalue weighted by molar-refractivity contribution is 5.83. The van der Waals surface area contributed by atoms with Crippen molar-refractivity contribution >= 4 is 16.7 Å². The summed E-state index contributed by atoms with van der Waals surface area (Å²) < 4.78 is 0. The van der Waals surface area contributed by atoms with Gasteiger partial charge in [-0.25, -0.2) is 4.99 Å². The van der Waals surface area contributed by atoms with Gasteiger partial charge in [-0.2, -0.15) is 0 Å². The van der Waals surface area contributed by atoms with Crippen molar-refractivity contribution in [2.45, 2.75) is 20.4 Å². The average molecular weight is 255 g/mol. The summed E-state index contributed by atoms with van der Waals surface area (Å²) in [6, 6.07) is 14.8. The van der Waals surface area contributed by atoms with Gasteiger partial charge in [-0.15, -0.1) is 0 Å². The number of rotatable bonds is 4. The number of nitrogens with two attached hydrogens (primary N) is 1. The van der Waals surface area contributed by atoms with Gasteiger partial charge in [0.1, 0.15) is 0 Å². The van der Waals surface area contributed by atoms with E-state index in [2.05, 4.69) is 66.2 Å². The second-order valence-electron chi connectivity index (χ2n) is 4.53. The zero-order valence-electron chi connectivity index (χ0n) is 11.6. The third-order valence-corrected chi connectivity index (χ3v) is 3.32. The molecule has 0 saturated carbocycles. The molecule has 2 aromatic rings. The van der Waals surface area contributed by atoms with Gasteiger partial charge in [0.25, 0.3) is 0 Å². The molecule has 0 atom stereocenters. The van der Waals surface area contributed by atoms with E-state index in [9.17, 15) is 0 Å². The zero-order valence-corrected chi connectivity index (χ0v) is 11.6. The first kappa shape index (κ1) is 13.4. The minimum atomic E-state index is 0.623. The Kier molecular flexibility index (Phi) is 4.39. The average Bonchev–Trinajstić information content (AvgIpc) is 2.46. The summed E-state index contributed by atoms with van der Waals surface area (Å²) in [4.78, 5) is 6.52. The minimum absolute atomic E-state index is 0.623. The maximum absolute atomic E-state index is 5.98. The number of guanidine groups is 1. The Morgan fingerprint density at radius 2 is 1.74 bits per heavy atom. The molecule has 2 N–H and O–H groups in total. The molecule has 0 saturated heterocycles. The summed E-state index contributed by atoms with van der Waals surface area (Å²) in [6.45, 7) is 6.59. The molecule has 0 aliphatic carbocycles. The SMILES string of the molecule is CCN(CC)C(N)=NCc1ccc2ccccc2c1. The fourth-order valence-electron chi connectivity index (χ4n) is 2.16. The number of aliphatic imine (C=N–C) groups is 1. The van der Waals surface area contributed by atoms with Crippen molar-refractivity contribution in [1.82, 2.24) is 4.90 Å². The molecule has 3 heteroatoms. The van der Waals surface area contributed by atoms with Crippen LogP contribution in [-0.2, 0) is 6.54 Å². The Hall–Kier alpha value is -2.03. The second kappa shape index (κ2) is 6.23. The number of fused-ring (bicyclic) bond motifs is 1. The molecule has 0 unspecified atom stereocenters. The van der Waals surface area contributed by atoms with Crippen LogP contribution in [0.1, 0.15) is 19.4 Å². The van der Waals surface area contributed by atoms with Crippen molar-refractivity contribution in [3.05, 3.63) is 48.0 Å². The fraction of sp³-hybridized carbons (Fsp3) is 0.312. The van der Waals surface area contributed by atoms with Crippen LogP contribution in [0.5, 0.6) is 0 Å². The van der Waals surface area contributed by atoms with Gasteiger partial charge in [0, 0.05) is 13.1 Å². The largest absolute Gasteiger partial charge is 0.370 e. The lowest BCUT2D eigenvalue weighted by Crippen LogP contribution is -2.37. The minimum Gasteiger partial charge on any atom is -0.370 e. The molecule has 3 nitrogen and oxygen atoms in total. The first-order valence-corrected chi connectivity index (χ1v) is 6.77. The Labute approximate surface area is 114 Å². The molecule has 100 valence electrons. The van der Waals surface area contributed by atoms with Crippen LogP contribution in [0.2, 0.25) is 0 Å². The van der Waals surface area contributed by atoms with Gasteiger partial charge in [-0.05, 0) is 36.2 Å². The van der Waals surface area contributed by atoms with Crippen molar-refractivity contribution in [1.29, 1.82) is 0 Å². The third-order valence-electron chi connectivity index (χ3n) is 3.32. The summed E-state index contributed by atoms with van der Waals surface area (Å²) in [6.07, 6.45) is 0. The molecule has 0 aliphatic heterocycles. The van der Waals surface area contributed by atoms with Crippen LogP contribution >= 0.6 is 0 Å². The first-order chi connectivity index (χ1) is 9.24. The molecule has 19 heavy (non-hydrogen) atoms. The Morgan fingerprint density at radius 3 is 2.42 bits per heavy atom. The van der Waals surface area contributed by atoms with Gasteiger partial charge >= 0.3 is 0 Å². The van der Waals surface area contributed by atoms with E-state index < -0.39 is 0 Å². The van der Waals surface area contributed by atoms with Crippen molar-refractivity contribution in [2.24, 2.45) is 10.7 Å². The quantitative estimate of drug-likeness (QED) is 0.674. The monoisotopic (exact) mass is 255 g/mol. The van der Waals surface area contributed by atoms with Gasteiger partial charge in [0.05, 0.1) is 6.54 Å². The number of benzene rings is 2. The lowest BCUT2D eigenvalue weighted by Gasteiger charge is -2.19. The second-order valence-corrected chi connectivity index (χ2v) is 4.53. The molecule has 2 rings (SSSR count). The molecule has 0 spiro atoms. The predicted molar refractivity (Wildman–Crippen MR) is 82.2 cm³/mol. The molecule has 0 heterocycles. The highest BCUT2D eigenvalue weighted by Gasteiger charge is 2.02. The van der Waals surface area contributed by atoms with Crippen LogP contribution in [0.25, 0.3) is 10.8 Å². The van der Waals surface area contributed by atoms with Gasteiger partial charge in [0.15, 0.2) is 5.96 Å². The summed E-state index contributed by atoms with van der Waals surface area (Å²) in [5, 5.41) is 2.50. The maximum Gasteiger partial charge on any atom is 0.191 e. The first-order valence-electron chi connectivity index (χ1n) is 6.77. The van der Waals surface area contributed by atoms with Gasteiger partial charge in [0.2, 0.25) is 0 Å². The smallest absolute Gasteiger partial charge is 0.191 e. The summed E-state index contributed by atoms with van der Waals surface area (Å²) in [5.74, 6) is 0.623. The summed E-state index contributed by atoms with van der Waals surface area (Å²) in [7, 11) is 0. The van der Waals surface area contributed by atoms with E-state index in [1.165, 1.54) is 16.3 Å². The van der Waals surface area contributed by atoms with Gasteiger partial charge in [-0.1, -0.05) is 36.4 Å². The Bertz CT molecular complexity index is 571. The molecule has 0 fully saturated rings. The standard InChI is InChI=1S/C16H21N3/c1-3-19(4-2)16(17)18-12-13-9-10-14-7-5-6-8-15(14)11-13/h5-11H,3-4,12H2,1-2H3,(H2,17,18). The van der Waals surface area contributed by atoms with Crippen molar-refractivity contribution in [3.63, 3.8) is 0 Å². The molecular weight excluding hydrogens is 234 g/mol. The van der Waals surface area contributed by atoms with E-state index in [0.29, 0.717) is 12.5 Å². The zero-order chi connectivity index (χ0) is 13.7. The highest BCUT2D eigenvalue weighted by Crippen LogP contribution is 2.16. The van der Waals surface area contributed by atoms with Crippen LogP contribution in [0.3, 0.4) is 0 Å². The van der Waals surface area contributed by atoms with Crippen LogP contribution < -0.4 is 5.73 Å². The molecule has 2 aromatic carbocycles. The van der Waals surface area contributed by atoms with E-state index in [-0.39, 0.29) is 0 Å². The normalized spacial score (nSPS) is 11.8. The van der Waals surface area contributed by atoms with Gasteiger partial charge in [-0.3, -0.25) is 0 Å². The van der Waals surface area contributed by atoms with Crippen LogP contribution in [0.4, 0.5) is 0 Å². The van der Waals surface area contributed by atoms with Crippen molar-refractivity contribution < 1.29 is 0 Å². The Morgan fingerprint density at radius 1 is 1.05 bits per heavy atom. The fourth-order valence-corrected chi connectivity index (χ4v) is 2.16. The number of nitrogens with zero attached hydrogens (tertiary/aromatic N) is 2. The van der Waals surface area contributed by atoms with Crippen LogP contribution in [0, 0.1) is 0 Å². The lowest BCUT2D eigenvalue weighted by molar-refractivity contribution is 0.458. The van der Waals surface area contributed by atoms with E-state index >= 15 is 0 Å². The Balaban J connectivity index is 2.15. The topological polar surface area (TPSA) is 41.6 Å². The highest BCUT2D eigenvalue weighted by atomic mass is 15.2.